The van der Waals surface area contributed by atoms with Crippen LogP contribution in [0.25, 0.3) is 0 Å². The van der Waals surface area contributed by atoms with E-state index >= 15 is 0 Å². The molecule has 1 fully saturated rings. The number of hydrogen-bond donors (Lipinski definition) is 1. The lowest BCUT2D eigenvalue weighted by atomic mass is 9.86. The molecule has 0 unspecified atom stereocenters. The Labute approximate surface area is 116 Å². The molecule has 8 nitrogen and oxygen atoms in total. The summed E-state index contributed by atoms with van der Waals surface area (Å²) < 4.78 is 6.34. The van der Waals surface area contributed by atoms with Gasteiger partial charge in [0.25, 0.3) is 0 Å². The Morgan fingerprint density at radius 1 is 1.50 bits per heavy atom. The Morgan fingerprint density at radius 2 is 2.15 bits per heavy atom. The SMILES string of the molecule is COC(=O)C1CCC(Nc2c([N+](=O)[O-])ncn2C)CC1. The number of nitrogens with one attached hydrogen (secondary N) is 1. The van der Waals surface area contributed by atoms with E-state index in [9.17, 15) is 14.9 Å². The second kappa shape index (κ2) is 5.89. The molecule has 1 saturated carbocycles. The number of imidazole rings is 1. The van der Waals surface area contributed by atoms with Crippen LogP contribution in [0.5, 0.6) is 0 Å². The molecule has 1 aromatic rings. The number of aryl methyl sites for hydroxylation is 1. The van der Waals surface area contributed by atoms with Gasteiger partial charge in [-0.15, -0.1) is 0 Å². The highest BCUT2D eigenvalue weighted by Crippen LogP contribution is 2.29. The average Bonchev–Trinajstić information content (AvgIpc) is 2.80. The highest BCUT2D eigenvalue weighted by Gasteiger charge is 2.29. The smallest absolute Gasteiger partial charge is 0.406 e. The highest BCUT2D eigenvalue weighted by atomic mass is 16.6. The summed E-state index contributed by atoms with van der Waals surface area (Å²) >= 11 is 0. The average molecular weight is 282 g/mol. The molecule has 1 heterocycles. The maximum atomic E-state index is 11.4. The molecular weight excluding hydrogens is 264 g/mol. The van der Waals surface area contributed by atoms with Crippen molar-refractivity contribution in [2.24, 2.45) is 13.0 Å². The number of rotatable bonds is 4. The van der Waals surface area contributed by atoms with Crippen molar-refractivity contribution in [1.29, 1.82) is 0 Å². The summed E-state index contributed by atoms with van der Waals surface area (Å²) in [4.78, 5) is 25.6. The van der Waals surface area contributed by atoms with Crippen LogP contribution in [0.3, 0.4) is 0 Å². The standard InChI is InChI=1S/C12H18N4O4/c1-15-7-13-10(16(18)19)11(15)14-9-5-3-8(4-6-9)12(17)20-2/h7-9,14H,3-6H2,1-2H3. The van der Waals surface area contributed by atoms with E-state index in [2.05, 4.69) is 10.3 Å². The molecule has 1 aliphatic rings. The van der Waals surface area contributed by atoms with Crippen molar-refractivity contribution in [2.75, 3.05) is 12.4 Å². The van der Waals surface area contributed by atoms with Gasteiger partial charge in [0.1, 0.15) is 0 Å². The van der Waals surface area contributed by atoms with Crippen molar-refractivity contribution in [1.82, 2.24) is 9.55 Å². The second-order valence-corrected chi connectivity index (χ2v) is 5.00. The van der Waals surface area contributed by atoms with E-state index in [1.165, 1.54) is 13.4 Å². The molecule has 20 heavy (non-hydrogen) atoms. The van der Waals surface area contributed by atoms with Gasteiger partial charge in [-0.25, -0.2) is 0 Å². The fourth-order valence-electron chi connectivity index (χ4n) is 2.55. The Bertz CT molecular complexity index is 506. The van der Waals surface area contributed by atoms with Crippen molar-refractivity contribution in [3.05, 3.63) is 16.4 Å². The Hall–Kier alpha value is -2.12. The van der Waals surface area contributed by atoms with Gasteiger partial charge in [-0.2, -0.15) is 0 Å². The van der Waals surface area contributed by atoms with E-state index in [-0.39, 0.29) is 23.7 Å². The summed E-state index contributed by atoms with van der Waals surface area (Å²) in [7, 11) is 3.11. The van der Waals surface area contributed by atoms with Crippen molar-refractivity contribution < 1.29 is 14.5 Å². The van der Waals surface area contributed by atoms with E-state index < -0.39 is 4.92 Å². The van der Waals surface area contributed by atoms with Crippen LogP contribution < -0.4 is 5.32 Å². The molecule has 110 valence electrons. The number of carbonyl (C=O) groups is 1. The topological polar surface area (TPSA) is 99.3 Å². The third kappa shape index (κ3) is 2.89. The van der Waals surface area contributed by atoms with Gasteiger partial charge in [0, 0.05) is 13.1 Å². The molecule has 0 aromatic carbocycles. The number of hydrogen-bond acceptors (Lipinski definition) is 6. The fraction of sp³-hybridized carbons (Fsp3) is 0.667. The van der Waals surface area contributed by atoms with Crippen LogP contribution in [-0.4, -0.2) is 33.6 Å². The number of anilines is 1. The van der Waals surface area contributed by atoms with Crippen LogP contribution in [-0.2, 0) is 16.6 Å². The Kier molecular flexibility index (Phi) is 4.21. The van der Waals surface area contributed by atoms with Crippen molar-refractivity contribution in [3.63, 3.8) is 0 Å². The lowest BCUT2D eigenvalue weighted by Gasteiger charge is -2.27. The molecule has 1 aromatic heterocycles. The third-order valence-corrected chi connectivity index (χ3v) is 3.69. The maximum Gasteiger partial charge on any atom is 0.406 e. The monoisotopic (exact) mass is 282 g/mol. The molecule has 0 amide bonds. The minimum absolute atomic E-state index is 0.0560. The molecule has 8 heteroatoms. The first kappa shape index (κ1) is 14.3. The van der Waals surface area contributed by atoms with Crippen LogP contribution in [0.1, 0.15) is 25.7 Å². The summed E-state index contributed by atoms with van der Waals surface area (Å²) in [5.41, 5.74) is 0. The zero-order valence-corrected chi connectivity index (χ0v) is 11.5. The molecule has 0 saturated heterocycles. The van der Waals surface area contributed by atoms with Crippen molar-refractivity contribution >= 4 is 17.6 Å². The first-order chi connectivity index (χ1) is 9.52. The third-order valence-electron chi connectivity index (χ3n) is 3.69. The van der Waals surface area contributed by atoms with Crippen LogP contribution in [0.4, 0.5) is 11.6 Å². The van der Waals surface area contributed by atoms with Gasteiger partial charge in [-0.3, -0.25) is 9.36 Å². The van der Waals surface area contributed by atoms with Crippen molar-refractivity contribution in [3.8, 4) is 0 Å². The fourth-order valence-corrected chi connectivity index (χ4v) is 2.55. The van der Waals surface area contributed by atoms with E-state index in [4.69, 9.17) is 4.74 Å². The number of ether oxygens (including phenoxy) is 1. The van der Waals surface area contributed by atoms with Gasteiger partial charge in [-0.1, -0.05) is 0 Å². The number of aromatic nitrogens is 2. The number of esters is 1. The zero-order valence-electron chi connectivity index (χ0n) is 11.5. The number of methoxy groups -OCH3 is 1. The molecule has 1 N–H and O–H groups in total. The van der Waals surface area contributed by atoms with E-state index in [0.717, 1.165) is 25.7 Å². The van der Waals surface area contributed by atoms with Gasteiger partial charge in [0.2, 0.25) is 12.1 Å². The van der Waals surface area contributed by atoms with Crippen LogP contribution in [0.15, 0.2) is 6.33 Å². The highest BCUT2D eigenvalue weighted by molar-refractivity contribution is 5.72. The minimum Gasteiger partial charge on any atom is -0.469 e. The summed E-state index contributed by atoms with van der Waals surface area (Å²) in [6, 6.07) is 0.116. The van der Waals surface area contributed by atoms with Crippen molar-refractivity contribution in [2.45, 2.75) is 31.7 Å². The molecule has 1 aliphatic carbocycles. The quantitative estimate of drug-likeness (QED) is 0.510. The summed E-state index contributed by atoms with van der Waals surface area (Å²) in [6.07, 6.45) is 4.44. The second-order valence-electron chi connectivity index (χ2n) is 5.00. The van der Waals surface area contributed by atoms with Gasteiger partial charge >= 0.3 is 11.8 Å². The predicted molar refractivity (Wildman–Crippen MR) is 71.2 cm³/mol. The zero-order chi connectivity index (χ0) is 14.7. The molecule has 0 radical (unpaired) electrons. The Balaban J connectivity index is 1.98. The summed E-state index contributed by atoms with van der Waals surface area (Å²) in [5.74, 6) is 0.0219. The van der Waals surface area contributed by atoms with E-state index in [1.54, 1.807) is 11.6 Å². The predicted octanol–water partition coefficient (Wildman–Crippen LogP) is 1.47. The summed E-state index contributed by atoms with van der Waals surface area (Å²) in [6.45, 7) is 0. The maximum absolute atomic E-state index is 11.4. The number of nitrogens with zero attached hydrogens (tertiary/aromatic N) is 3. The van der Waals surface area contributed by atoms with Crippen LogP contribution in [0, 0.1) is 16.0 Å². The summed E-state index contributed by atoms with van der Waals surface area (Å²) in [5, 5.41) is 14.0. The van der Waals surface area contributed by atoms with Gasteiger partial charge in [-0.05, 0) is 35.6 Å². The van der Waals surface area contributed by atoms with Gasteiger partial charge in [0.05, 0.1) is 13.0 Å². The largest absolute Gasteiger partial charge is 0.469 e. The molecule has 0 bridgehead atoms. The van der Waals surface area contributed by atoms with Crippen LogP contribution in [0.2, 0.25) is 0 Å². The number of carbonyl (C=O) groups excluding carboxylic acids is 1. The van der Waals surface area contributed by atoms with E-state index in [1.807, 2.05) is 0 Å². The lowest BCUT2D eigenvalue weighted by Crippen LogP contribution is -2.30. The Morgan fingerprint density at radius 3 is 2.70 bits per heavy atom. The van der Waals surface area contributed by atoms with Gasteiger partial charge in [0.15, 0.2) is 0 Å². The van der Waals surface area contributed by atoms with Gasteiger partial charge < -0.3 is 20.2 Å². The molecule has 0 atom stereocenters. The molecule has 2 rings (SSSR count). The first-order valence-corrected chi connectivity index (χ1v) is 6.53. The number of nitro groups is 1. The molecule has 0 aliphatic heterocycles. The molecular formula is C12H18N4O4. The minimum atomic E-state index is -0.498. The van der Waals surface area contributed by atoms with E-state index in [0.29, 0.717) is 5.82 Å². The first-order valence-electron chi connectivity index (χ1n) is 6.53. The van der Waals surface area contributed by atoms with Crippen LogP contribution >= 0.6 is 0 Å². The molecule has 0 spiro atoms. The normalized spacial score (nSPS) is 22.3. The lowest BCUT2D eigenvalue weighted by molar-refractivity contribution is -0.388.